The van der Waals surface area contributed by atoms with Crippen molar-refractivity contribution in [3.63, 3.8) is 0 Å². The molecule has 0 spiro atoms. The molecule has 0 unspecified atom stereocenters. The minimum Gasteiger partial charge on any atom is -0.340 e. The Morgan fingerprint density at radius 2 is 2.29 bits per heavy atom. The lowest BCUT2D eigenvalue weighted by Gasteiger charge is -2.15. The maximum absolute atomic E-state index is 12.8. The van der Waals surface area contributed by atoms with Crippen LogP contribution in [0.4, 0.5) is 4.39 Å². The van der Waals surface area contributed by atoms with Gasteiger partial charge in [-0.2, -0.15) is 0 Å². The van der Waals surface area contributed by atoms with E-state index in [2.05, 4.69) is 0 Å². The summed E-state index contributed by atoms with van der Waals surface area (Å²) in [6.45, 7) is 0.361. The highest BCUT2D eigenvalue weighted by Crippen LogP contribution is 2.05. The fourth-order valence-electron chi connectivity index (χ4n) is 1.15. The first-order valence-corrected chi connectivity index (χ1v) is 4.32. The number of hydrogen-bond acceptors (Lipinski definition) is 2. The average Bonchev–Trinajstić information content (AvgIpc) is 2.16. The fraction of sp³-hybridized carbons (Fsp3) is 0.300. The smallest absolute Gasteiger partial charge is 0.236 e. The van der Waals surface area contributed by atoms with E-state index in [1.165, 1.54) is 17.0 Å². The Kier molecular flexibility index (Phi) is 3.59. The van der Waals surface area contributed by atoms with E-state index in [4.69, 9.17) is 5.73 Å². The number of hydrogen-bond donors (Lipinski definition) is 1. The van der Waals surface area contributed by atoms with Gasteiger partial charge in [0.2, 0.25) is 5.91 Å². The van der Waals surface area contributed by atoms with Crippen molar-refractivity contribution in [2.45, 2.75) is 6.54 Å². The zero-order valence-corrected chi connectivity index (χ0v) is 8.03. The van der Waals surface area contributed by atoms with Crippen LogP contribution in [0.15, 0.2) is 24.3 Å². The van der Waals surface area contributed by atoms with E-state index in [0.717, 1.165) is 5.56 Å². The minimum absolute atomic E-state index is 0.0220. The largest absolute Gasteiger partial charge is 0.340 e. The van der Waals surface area contributed by atoms with Crippen molar-refractivity contribution in [2.75, 3.05) is 13.6 Å². The molecule has 0 aliphatic heterocycles. The molecule has 0 fully saturated rings. The number of benzene rings is 1. The summed E-state index contributed by atoms with van der Waals surface area (Å²) in [4.78, 5) is 12.6. The first kappa shape index (κ1) is 10.7. The van der Waals surface area contributed by atoms with E-state index in [0.29, 0.717) is 6.54 Å². The van der Waals surface area contributed by atoms with E-state index < -0.39 is 0 Å². The Balaban J connectivity index is 2.64. The van der Waals surface area contributed by atoms with Crippen molar-refractivity contribution in [2.24, 2.45) is 5.73 Å². The topological polar surface area (TPSA) is 46.3 Å². The molecule has 1 aromatic carbocycles. The maximum Gasteiger partial charge on any atom is 0.236 e. The van der Waals surface area contributed by atoms with Gasteiger partial charge >= 0.3 is 0 Å². The molecule has 76 valence electrons. The minimum atomic E-state index is -0.295. The summed E-state index contributed by atoms with van der Waals surface area (Å²) < 4.78 is 12.8. The highest BCUT2D eigenvalue weighted by Gasteiger charge is 2.06. The highest BCUT2D eigenvalue weighted by atomic mass is 19.1. The fourth-order valence-corrected chi connectivity index (χ4v) is 1.15. The molecule has 1 rings (SSSR count). The van der Waals surface area contributed by atoms with Gasteiger partial charge in [-0.05, 0) is 17.7 Å². The molecule has 3 nitrogen and oxygen atoms in total. The standard InChI is InChI=1S/C10H13FN2O/c1-13(10(14)6-12)7-8-3-2-4-9(11)5-8/h2-5H,6-7,12H2,1H3. The molecule has 0 atom stereocenters. The van der Waals surface area contributed by atoms with Crippen LogP contribution in [0.3, 0.4) is 0 Å². The molecule has 0 aliphatic rings. The molecule has 0 radical (unpaired) electrons. The van der Waals surface area contributed by atoms with Crippen molar-refractivity contribution < 1.29 is 9.18 Å². The summed E-state index contributed by atoms with van der Waals surface area (Å²) in [5.41, 5.74) is 5.95. The summed E-state index contributed by atoms with van der Waals surface area (Å²) in [6.07, 6.45) is 0. The van der Waals surface area contributed by atoms with Gasteiger partial charge in [-0.25, -0.2) is 4.39 Å². The Labute approximate surface area is 82.3 Å². The van der Waals surface area contributed by atoms with Gasteiger partial charge in [-0.3, -0.25) is 4.79 Å². The first-order chi connectivity index (χ1) is 6.63. The van der Waals surface area contributed by atoms with Crippen LogP contribution in [0.1, 0.15) is 5.56 Å². The Hall–Kier alpha value is -1.42. The number of nitrogens with two attached hydrogens (primary N) is 1. The van der Waals surface area contributed by atoms with Crippen LogP contribution in [-0.2, 0) is 11.3 Å². The van der Waals surface area contributed by atoms with E-state index in [-0.39, 0.29) is 18.3 Å². The van der Waals surface area contributed by atoms with Crippen molar-refractivity contribution in [1.82, 2.24) is 4.90 Å². The maximum atomic E-state index is 12.8. The number of rotatable bonds is 3. The van der Waals surface area contributed by atoms with Gasteiger partial charge in [0, 0.05) is 13.6 Å². The number of likely N-dealkylation sites (N-methyl/N-ethyl adjacent to an activating group) is 1. The second-order valence-electron chi connectivity index (χ2n) is 3.08. The van der Waals surface area contributed by atoms with Crippen LogP contribution < -0.4 is 5.73 Å². The zero-order chi connectivity index (χ0) is 10.6. The lowest BCUT2D eigenvalue weighted by atomic mass is 10.2. The molecule has 0 saturated heterocycles. The molecule has 1 aromatic rings. The Morgan fingerprint density at radius 1 is 1.57 bits per heavy atom. The Bertz CT molecular complexity index is 328. The lowest BCUT2D eigenvalue weighted by molar-refractivity contribution is -0.128. The number of halogens is 1. The lowest BCUT2D eigenvalue weighted by Crippen LogP contribution is -2.32. The van der Waals surface area contributed by atoms with Gasteiger partial charge in [0.15, 0.2) is 0 Å². The third-order valence-corrected chi connectivity index (χ3v) is 1.91. The van der Waals surface area contributed by atoms with Crippen LogP contribution in [-0.4, -0.2) is 24.4 Å². The van der Waals surface area contributed by atoms with Gasteiger partial charge in [0.05, 0.1) is 6.54 Å². The number of carbonyl (C=O) groups is 1. The van der Waals surface area contributed by atoms with Crippen LogP contribution in [0.25, 0.3) is 0 Å². The molecular formula is C10H13FN2O. The van der Waals surface area contributed by atoms with E-state index in [1.54, 1.807) is 19.2 Å². The summed E-state index contributed by atoms with van der Waals surface area (Å²) in [7, 11) is 1.64. The van der Waals surface area contributed by atoms with Crippen LogP contribution in [0.5, 0.6) is 0 Å². The quantitative estimate of drug-likeness (QED) is 0.775. The molecular weight excluding hydrogens is 183 g/mol. The highest BCUT2D eigenvalue weighted by molar-refractivity contribution is 5.77. The zero-order valence-electron chi connectivity index (χ0n) is 8.03. The van der Waals surface area contributed by atoms with Crippen molar-refractivity contribution in [1.29, 1.82) is 0 Å². The molecule has 14 heavy (non-hydrogen) atoms. The summed E-state index contributed by atoms with van der Waals surface area (Å²) in [6, 6.07) is 6.16. The predicted octanol–water partition coefficient (Wildman–Crippen LogP) is 0.743. The normalized spacial score (nSPS) is 9.93. The van der Waals surface area contributed by atoms with Gasteiger partial charge in [0.25, 0.3) is 0 Å². The third-order valence-electron chi connectivity index (χ3n) is 1.91. The van der Waals surface area contributed by atoms with E-state index in [9.17, 15) is 9.18 Å². The van der Waals surface area contributed by atoms with Gasteiger partial charge < -0.3 is 10.6 Å². The Morgan fingerprint density at radius 3 is 2.86 bits per heavy atom. The predicted molar refractivity (Wildman–Crippen MR) is 51.9 cm³/mol. The molecule has 0 aromatic heterocycles. The van der Waals surface area contributed by atoms with E-state index in [1.807, 2.05) is 0 Å². The first-order valence-electron chi connectivity index (χ1n) is 4.32. The molecule has 0 aliphatic carbocycles. The molecule has 0 saturated carbocycles. The van der Waals surface area contributed by atoms with Crippen molar-refractivity contribution in [3.05, 3.63) is 35.6 Å². The van der Waals surface area contributed by atoms with Crippen molar-refractivity contribution >= 4 is 5.91 Å². The molecule has 0 heterocycles. The van der Waals surface area contributed by atoms with Crippen molar-refractivity contribution in [3.8, 4) is 0 Å². The van der Waals surface area contributed by atoms with Gasteiger partial charge in [-0.15, -0.1) is 0 Å². The summed E-state index contributed by atoms with van der Waals surface area (Å²) in [5, 5.41) is 0. The molecule has 1 amide bonds. The molecule has 2 N–H and O–H groups in total. The molecule has 0 bridgehead atoms. The summed E-state index contributed by atoms with van der Waals surface area (Å²) in [5.74, 6) is -0.453. The van der Waals surface area contributed by atoms with E-state index >= 15 is 0 Å². The third kappa shape index (κ3) is 2.81. The monoisotopic (exact) mass is 196 g/mol. The van der Waals surface area contributed by atoms with Crippen LogP contribution in [0.2, 0.25) is 0 Å². The van der Waals surface area contributed by atoms with Gasteiger partial charge in [0.1, 0.15) is 5.82 Å². The average molecular weight is 196 g/mol. The summed E-state index contributed by atoms with van der Waals surface area (Å²) >= 11 is 0. The van der Waals surface area contributed by atoms with Gasteiger partial charge in [-0.1, -0.05) is 12.1 Å². The van der Waals surface area contributed by atoms with Crippen LogP contribution in [0, 0.1) is 5.82 Å². The number of carbonyl (C=O) groups excluding carboxylic acids is 1. The molecule has 4 heteroatoms. The van der Waals surface area contributed by atoms with Crippen LogP contribution >= 0.6 is 0 Å². The second kappa shape index (κ2) is 4.72. The number of amides is 1. The SMILES string of the molecule is CN(Cc1cccc(F)c1)C(=O)CN. The second-order valence-corrected chi connectivity index (χ2v) is 3.08. The number of nitrogens with zero attached hydrogens (tertiary/aromatic N) is 1.